The predicted octanol–water partition coefficient (Wildman–Crippen LogP) is 3.35. The summed E-state index contributed by atoms with van der Waals surface area (Å²) >= 11 is 0. The van der Waals surface area contributed by atoms with Crippen molar-refractivity contribution in [2.24, 2.45) is 0 Å². The lowest BCUT2D eigenvalue weighted by atomic mass is 10.1. The lowest BCUT2D eigenvalue weighted by molar-refractivity contribution is -0.126. The van der Waals surface area contributed by atoms with Crippen LogP contribution in [0.4, 0.5) is 11.5 Å². The minimum absolute atomic E-state index is 0.0202. The van der Waals surface area contributed by atoms with Gasteiger partial charge in [0.05, 0.1) is 36.3 Å². The van der Waals surface area contributed by atoms with Gasteiger partial charge in [-0.05, 0) is 64.0 Å². The highest BCUT2D eigenvalue weighted by Gasteiger charge is 2.27. The zero-order valence-corrected chi connectivity index (χ0v) is 25.4. The Morgan fingerprint density at radius 3 is 2.36 bits per heavy atom. The number of nitrogens with zero attached hydrogens (tertiary/aromatic N) is 8. The highest BCUT2D eigenvalue weighted by molar-refractivity contribution is 5.93. The van der Waals surface area contributed by atoms with E-state index in [1.165, 1.54) is 55.7 Å². The van der Waals surface area contributed by atoms with Crippen molar-refractivity contribution in [3.8, 4) is 12.1 Å². The predicted molar refractivity (Wildman–Crippen MR) is 166 cm³/mol. The number of nitrogens with one attached hydrogen (secondary N) is 1. The number of nitriles is 1. The zero-order chi connectivity index (χ0) is 30.1. The average molecular weight is 574 g/mol. The van der Waals surface area contributed by atoms with Gasteiger partial charge in [-0.3, -0.25) is 9.89 Å². The SMILES string of the molecule is C=CC(=O)N1CCN(c2nc(OC)nc3c2CCN(c2c(C)ccc4[nH]ncc24)CC3)CC1.CC#N.CN1CCCC1. The van der Waals surface area contributed by atoms with Crippen LogP contribution in [-0.4, -0.2) is 102 Å². The number of ether oxygens (including phenoxy) is 1. The standard InChI is InChI=1S/C24H29N7O2.C5H11N.C2H3N/c1-4-21(32)29-11-13-31(14-12-29)23-17-7-9-30(10-8-19(17)26-24(27-23)33-3)22-16(2)5-6-20-18(22)15-25-28-20;1-6-4-2-3-5-6;1-2-3/h4-6,15H,1,7-14H2,2-3H3,(H,25,28);2-5H2,1H3;1H3. The fraction of sp³-hybridized carbons (Fsp3) is 0.516. The maximum atomic E-state index is 12.0. The highest BCUT2D eigenvalue weighted by Crippen LogP contribution is 2.33. The maximum absolute atomic E-state index is 12.0. The number of H-pyrrole nitrogens is 1. The minimum Gasteiger partial charge on any atom is -0.467 e. The Bertz CT molecular complexity index is 1400. The molecule has 2 aromatic heterocycles. The van der Waals surface area contributed by atoms with E-state index in [-0.39, 0.29) is 5.91 Å². The molecule has 224 valence electrons. The summed E-state index contributed by atoms with van der Waals surface area (Å²) in [5.74, 6) is 0.913. The van der Waals surface area contributed by atoms with Crippen molar-refractivity contribution in [1.82, 2.24) is 30.0 Å². The van der Waals surface area contributed by atoms with Crippen LogP contribution in [0.5, 0.6) is 6.01 Å². The topological polar surface area (TPSA) is 118 Å². The summed E-state index contributed by atoms with van der Waals surface area (Å²) in [7, 11) is 3.78. The van der Waals surface area contributed by atoms with Gasteiger partial charge in [-0.15, -0.1) is 0 Å². The molecule has 3 aliphatic rings. The summed E-state index contributed by atoms with van der Waals surface area (Å²) in [6.07, 6.45) is 7.77. The van der Waals surface area contributed by atoms with Crippen LogP contribution < -0.4 is 14.5 Å². The fourth-order valence-electron chi connectivity index (χ4n) is 5.81. The second kappa shape index (κ2) is 14.6. The number of aromatic nitrogens is 4. The van der Waals surface area contributed by atoms with Crippen LogP contribution in [0.2, 0.25) is 0 Å². The molecule has 0 atom stereocenters. The van der Waals surface area contributed by atoms with Crippen molar-refractivity contribution in [1.29, 1.82) is 5.26 Å². The van der Waals surface area contributed by atoms with E-state index in [0.29, 0.717) is 19.1 Å². The third-order valence-electron chi connectivity index (χ3n) is 7.99. The molecule has 0 radical (unpaired) electrons. The first-order valence-corrected chi connectivity index (χ1v) is 14.7. The molecule has 5 heterocycles. The Morgan fingerprint density at radius 2 is 1.74 bits per heavy atom. The Kier molecular flexibility index (Phi) is 10.7. The molecule has 0 unspecified atom stereocenters. The number of hydrogen-bond donors (Lipinski definition) is 1. The lowest BCUT2D eigenvalue weighted by Gasteiger charge is -2.36. The van der Waals surface area contributed by atoms with Gasteiger partial charge in [0, 0.05) is 63.6 Å². The maximum Gasteiger partial charge on any atom is 0.318 e. The van der Waals surface area contributed by atoms with Crippen LogP contribution >= 0.6 is 0 Å². The Balaban J connectivity index is 0.000000390. The van der Waals surface area contributed by atoms with E-state index in [4.69, 9.17) is 20.0 Å². The molecule has 0 bridgehead atoms. The summed E-state index contributed by atoms with van der Waals surface area (Å²) in [5.41, 5.74) is 5.74. The Morgan fingerprint density at radius 1 is 1.05 bits per heavy atom. The molecule has 3 aromatic rings. The van der Waals surface area contributed by atoms with E-state index < -0.39 is 0 Å². The molecule has 0 spiro atoms. The molecule has 2 fully saturated rings. The van der Waals surface area contributed by atoms with Crippen molar-refractivity contribution >= 4 is 28.3 Å². The van der Waals surface area contributed by atoms with Crippen LogP contribution in [0.15, 0.2) is 31.0 Å². The molecule has 11 heteroatoms. The summed E-state index contributed by atoms with van der Waals surface area (Å²) in [5, 5.41) is 15.8. The number of aromatic amines is 1. The van der Waals surface area contributed by atoms with Gasteiger partial charge in [0.15, 0.2) is 0 Å². The fourth-order valence-corrected chi connectivity index (χ4v) is 5.81. The van der Waals surface area contributed by atoms with E-state index in [2.05, 4.69) is 57.6 Å². The third kappa shape index (κ3) is 7.18. The van der Waals surface area contributed by atoms with E-state index in [1.807, 2.05) is 11.1 Å². The molecule has 3 aliphatic heterocycles. The van der Waals surface area contributed by atoms with Gasteiger partial charge in [0.25, 0.3) is 0 Å². The number of carbonyl (C=O) groups is 1. The third-order valence-corrected chi connectivity index (χ3v) is 7.99. The number of methoxy groups -OCH3 is 1. The quantitative estimate of drug-likeness (QED) is 0.469. The molecule has 1 N–H and O–H groups in total. The number of benzene rings is 1. The molecule has 0 aliphatic carbocycles. The largest absolute Gasteiger partial charge is 0.467 e. The second-order valence-electron chi connectivity index (χ2n) is 10.8. The number of hydrogen-bond acceptors (Lipinski definition) is 9. The first-order chi connectivity index (χ1) is 20.4. The number of rotatable bonds is 4. The summed E-state index contributed by atoms with van der Waals surface area (Å²) in [6.45, 7) is 14.3. The van der Waals surface area contributed by atoms with Gasteiger partial charge >= 0.3 is 6.01 Å². The van der Waals surface area contributed by atoms with E-state index in [0.717, 1.165) is 61.4 Å². The molecular formula is C31H43N9O2. The van der Waals surface area contributed by atoms with Crippen molar-refractivity contribution in [2.75, 3.05) is 76.3 Å². The van der Waals surface area contributed by atoms with Gasteiger partial charge in [-0.25, -0.2) is 0 Å². The molecule has 42 heavy (non-hydrogen) atoms. The molecular weight excluding hydrogens is 530 g/mol. The van der Waals surface area contributed by atoms with Crippen LogP contribution in [0, 0.1) is 18.3 Å². The lowest BCUT2D eigenvalue weighted by Crippen LogP contribution is -2.49. The van der Waals surface area contributed by atoms with Crippen molar-refractivity contribution in [3.63, 3.8) is 0 Å². The molecule has 0 saturated carbocycles. The first-order valence-electron chi connectivity index (χ1n) is 14.7. The Hall–Kier alpha value is -4.17. The van der Waals surface area contributed by atoms with Crippen molar-refractivity contribution in [2.45, 2.75) is 39.5 Å². The smallest absolute Gasteiger partial charge is 0.318 e. The number of fused-ring (bicyclic) bond motifs is 2. The molecule has 11 nitrogen and oxygen atoms in total. The van der Waals surface area contributed by atoms with E-state index in [1.54, 1.807) is 13.2 Å². The van der Waals surface area contributed by atoms with Crippen molar-refractivity contribution < 1.29 is 9.53 Å². The van der Waals surface area contributed by atoms with Crippen LogP contribution in [0.25, 0.3) is 10.9 Å². The Labute approximate surface area is 248 Å². The number of piperazine rings is 1. The van der Waals surface area contributed by atoms with Gasteiger partial charge < -0.3 is 24.3 Å². The van der Waals surface area contributed by atoms with Crippen LogP contribution in [0.1, 0.15) is 36.6 Å². The summed E-state index contributed by atoms with van der Waals surface area (Å²) in [6, 6.07) is 6.38. The molecule has 6 rings (SSSR count). The average Bonchev–Trinajstić information content (AvgIpc) is 3.64. The van der Waals surface area contributed by atoms with Gasteiger partial charge in [0.1, 0.15) is 5.82 Å². The van der Waals surface area contributed by atoms with E-state index >= 15 is 0 Å². The number of aryl methyl sites for hydroxylation is 1. The number of carbonyl (C=O) groups excluding carboxylic acids is 1. The second-order valence-corrected chi connectivity index (χ2v) is 10.8. The van der Waals surface area contributed by atoms with Gasteiger partial charge in [-0.1, -0.05) is 12.6 Å². The van der Waals surface area contributed by atoms with E-state index in [9.17, 15) is 4.79 Å². The van der Waals surface area contributed by atoms with Crippen LogP contribution in [0.3, 0.4) is 0 Å². The zero-order valence-electron chi connectivity index (χ0n) is 25.4. The summed E-state index contributed by atoms with van der Waals surface area (Å²) < 4.78 is 5.45. The van der Waals surface area contributed by atoms with Gasteiger partial charge in [-0.2, -0.15) is 20.3 Å². The first kappa shape index (κ1) is 30.8. The normalized spacial score (nSPS) is 16.8. The highest BCUT2D eigenvalue weighted by atomic mass is 16.5. The monoisotopic (exact) mass is 573 g/mol. The molecule has 1 aromatic carbocycles. The van der Waals surface area contributed by atoms with Crippen LogP contribution in [-0.2, 0) is 17.6 Å². The van der Waals surface area contributed by atoms with Crippen molar-refractivity contribution in [3.05, 3.63) is 47.8 Å². The number of likely N-dealkylation sites (tertiary alicyclic amines) is 1. The minimum atomic E-state index is -0.0202. The number of amides is 1. The number of anilines is 2. The summed E-state index contributed by atoms with van der Waals surface area (Å²) in [4.78, 5) is 30.4. The molecule has 2 saturated heterocycles. The molecule has 1 amide bonds. The van der Waals surface area contributed by atoms with Gasteiger partial charge in [0.2, 0.25) is 5.91 Å².